The molecular formula is C21H24N2O5. The SMILES string of the molecule is O=C([O-])[C@H]1[C@@H](C(=O)N2CC[NH+](Cc3ccc4c(c3)OCO4)CC2)[C@@H]2C=C[C@H]1C2. The van der Waals surface area contributed by atoms with Crippen molar-refractivity contribution in [2.45, 2.75) is 13.0 Å². The molecule has 7 nitrogen and oxygen atoms in total. The zero-order chi connectivity index (χ0) is 19.3. The molecule has 1 aromatic carbocycles. The quantitative estimate of drug-likeness (QED) is 0.662. The summed E-state index contributed by atoms with van der Waals surface area (Å²) in [4.78, 5) is 27.9. The number of carbonyl (C=O) groups excluding carboxylic acids is 2. The van der Waals surface area contributed by atoms with Crippen molar-refractivity contribution in [3.63, 3.8) is 0 Å². The van der Waals surface area contributed by atoms with Crippen LogP contribution in [0.1, 0.15) is 12.0 Å². The third-order valence-corrected chi connectivity index (χ3v) is 6.69. The largest absolute Gasteiger partial charge is 0.550 e. The standard InChI is InChI=1S/C21H24N2O5/c24-20(18-14-2-3-15(10-14)19(18)21(25)26)23-7-5-22(6-8-23)11-13-1-4-16-17(9-13)28-12-27-16/h1-4,9,14-15,18-19H,5-8,10-12H2,(H,25,26)/t14-,15+,18+,19-/m1/s1. The average Bonchev–Trinajstić information content (AvgIpc) is 3.43. The number of carbonyl (C=O) groups is 2. The lowest BCUT2D eigenvalue weighted by molar-refractivity contribution is -0.917. The normalized spacial score (nSPS) is 30.8. The van der Waals surface area contributed by atoms with E-state index in [1.807, 2.05) is 29.2 Å². The van der Waals surface area contributed by atoms with Gasteiger partial charge in [0, 0.05) is 17.5 Å². The highest BCUT2D eigenvalue weighted by atomic mass is 16.7. The zero-order valence-corrected chi connectivity index (χ0v) is 15.6. The number of piperazine rings is 1. The van der Waals surface area contributed by atoms with Gasteiger partial charge in [0.15, 0.2) is 11.5 Å². The van der Waals surface area contributed by atoms with Crippen LogP contribution in [-0.2, 0) is 16.1 Å². The Morgan fingerprint density at radius 1 is 1.07 bits per heavy atom. The van der Waals surface area contributed by atoms with Gasteiger partial charge in [-0.2, -0.15) is 0 Å². The molecular weight excluding hydrogens is 360 g/mol. The molecule has 5 rings (SSSR count). The summed E-state index contributed by atoms with van der Waals surface area (Å²) in [6.45, 7) is 4.18. The molecule has 0 spiro atoms. The number of ether oxygens (including phenoxy) is 2. The first-order valence-electron chi connectivity index (χ1n) is 10.0. The van der Waals surface area contributed by atoms with Crippen molar-refractivity contribution < 1.29 is 29.1 Å². The molecule has 0 aromatic heterocycles. The molecule has 148 valence electrons. The van der Waals surface area contributed by atoms with Crippen molar-refractivity contribution in [3.05, 3.63) is 35.9 Å². The number of aliphatic carboxylic acids is 1. The second-order valence-electron chi connectivity index (χ2n) is 8.26. The molecule has 4 atom stereocenters. The molecule has 2 aliphatic heterocycles. The fraction of sp³-hybridized carbons (Fsp3) is 0.524. The monoisotopic (exact) mass is 384 g/mol. The van der Waals surface area contributed by atoms with Gasteiger partial charge in [0.25, 0.3) is 0 Å². The maximum atomic E-state index is 13.1. The van der Waals surface area contributed by atoms with Crippen LogP contribution in [0.4, 0.5) is 0 Å². The van der Waals surface area contributed by atoms with Crippen LogP contribution < -0.4 is 19.5 Å². The maximum absolute atomic E-state index is 13.1. The molecule has 0 radical (unpaired) electrons. The number of hydrogen-bond donors (Lipinski definition) is 1. The number of amides is 1. The summed E-state index contributed by atoms with van der Waals surface area (Å²) < 4.78 is 10.8. The van der Waals surface area contributed by atoms with Crippen LogP contribution in [0.15, 0.2) is 30.4 Å². The number of allylic oxidation sites excluding steroid dienone is 2. The number of carboxylic acid groups (broad SMARTS) is 1. The van der Waals surface area contributed by atoms with Crippen molar-refractivity contribution in [2.75, 3.05) is 33.0 Å². The van der Waals surface area contributed by atoms with E-state index in [1.165, 1.54) is 10.5 Å². The lowest BCUT2D eigenvalue weighted by Crippen LogP contribution is -3.13. The Morgan fingerprint density at radius 2 is 1.79 bits per heavy atom. The van der Waals surface area contributed by atoms with Gasteiger partial charge >= 0.3 is 0 Å². The zero-order valence-electron chi connectivity index (χ0n) is 15.6. The smallest absolute Gasteiger partial charge is 0.231 e. The second kappa shape index (κ2) is 6.81. The van der Waals surface area contributed by atoms with Crippen LogP contribution in [0, 0.1) is 23.7 Å². The summed E-state index contributed by atoms with van der Waals surface area (Å²) in [5.41, 5.74) is 1.19. The minimum atomic E-state index is -1.08. The third-order valence-electron chi connectivity index (χ3n) is 6.69. The third kappa shape index (κ3) is 2.94. The first kappa shape index (κ1) is 17.6. The Kier molecular flexibility index (Phi) is 4.27. The first-order chi connectivity index (χ1) is 13.6. The van der Waals surface area contributed by atoms with Gasteiger partial charge in [-0.3, -0.25) is 4.79 Å². The summed E-state index contributed by atoms with van der Waals surface area (Å²) in [6.07, 6.45) is 4.74. The molecule has 1 N–H and O–H groups in total. The van der Waals surface area contributed by atoms with Crippen LogP contribution in [-0.4, -0.2) is 49.7 Å². The van der Waals surface area contributed by atoms with Gasteiger partial charge in [0.1, 0.15) is 6.54 Å². The first-order valence-corrected chi connectivity index (χ1v) is 10.0. The summed E-state index contributed by atoms with van der Waals surface area (Å²) in [6, 6.07) is 6.03. The topological polar surface area (TPSA) is 83.3 Å². The van der Waals surface area contributed by atoms with E-state index >= 15 is 0 Å². The molecule has 2 heterocycles. The van der Waals surface area contributed by atoms with Crippen molar-refractivity contribution in [2.24, 2.45) is 23.7 Å². The fourth-order valence-corrected chi connectivity index (χ4v) is 5.25. The highest BCUT2D eigenvalue weighted by Gasteiger charge is 2.50. The Bertz CT molecular complexity index is 830. The molecule has 0 unspecified atom stereocenters. The van der Waals surface area contributed by atoms with E-state index in [9.17, 15) is 14.7 Å². The van der Waals surface area contributed by atoms with Crippen LogP contribution in [0.3, 0.4) is 0 Å². The van der Waals surface area contributed by atoms with Gasteiger partial charge in [-0.1, -0.05) is 12.2 Å². The number of quaternary nitrogens is 1. The van der Waals surface area contributed by atoms with E-state index in [1.54, 1.807) is 0 Å². The van der Waals surface area contributed by atoms with E-state index in [0.717, 1.165) is 37.6 Å². The minimum Gasteiger partial charge on any atom is -0.550 e. The minimum absolute atomic E-state index is 0.00632. The van der Waals surface area contributed by atoms with Gasteiger partial charge in [0.05, 0.1) is 32.1 Å². The van der Waals surface area contributed by atoms with Crippen LogP contribution in [0.25, 0.3) is 0 Å². The van der Waals surface area contributed by atoms with E-state index < -0.39 is 17.8 Å². The van der Waals surface area contributed by atoms with Crippen LogP contribution >= 0.6 is 0 Å². The van der Waals surface area contributed by atoms with Crippen molar-refractivity contribution in [1.82, 2.24) is 4.90 Å². The van der Waals surface area contributed by atoms with Crippen molar-refractivity contribution >= 4 is 11.9 Å². The molecule has 28 heavy (non-hydrogen) atoms. The van der Waals surface area contributed by atoms with Gasteiger partial charge < -0.3 is 29.2 Å². The number of nitrogens with zero attached hydrogens (tertiary/aromatic N) is 1. The number of rotatable bonds is 4. The van der Waals surface area contributed by atoms with E-state index in [0.29, 0.717) is 13.1 Å². The average molecular weight is 384 g/mol. The fourth-order valence-electron chi connectivity index (χ4n) is 5.25. The molecule has 1 amide bonds. The van der Waals surface area contributed by atoms with E-state index in [4.69, 9.17) is 9.47 Å². The summed E-state index contributed by atoms with van der Waals surface area (Å²) in [7, 11) is 0. The van der Waals surface area contributed by atoms with Crippen molar-refractivity contribution in [1.29, 1.82) is 0 Å². The number of fused-ring (bicyclic) bond motifs is 3. The van der Waals surface area contributed by atoms with E-state index in [2.05, 4.69) is 6.07 Å². The molecule has 2 fully saturated rings. The number of nitrogens with one attached hydrogen (secondary N) is 1. The summed E-state index contributed by atoms with van der Waals surface area (Å²) in [5, 5.41) is 11.6. The highest BCUT2D eigenvalue weighted by molar-refractivity contribution is 5.86. The molecule has 2 bridgehead atoms. The Hall–Kier alpha value is -2.54. The second-order valence-corrected chi connectivity index (χ2v) is 8.26. The van der Waals surface area contributed by atoms with Gasteiger partial charge in [-0.05, 0) is 36.5 Å². The van der Waals surface area contributed by atoms with Gasteiger partial charge in [0.2, 0.25) is 12.7 Å². The molecule has 1 aromatic rings. The summed E-state index contributed by atoms with van der Waals surface area (Å²) >= 11 is 0. The lowest BCUT2D eigenvalue weighted by atomic mass is 9.82. The number of benzene rings is 1. The predicted molar refractivity (Wildman–Crippen MR) is 96.3 cm³/mol. The molecule has 4 aliphatic rings. The van der Waals surface area contributed by atoms with Crippen molar-refractivity contribution in [3.8, 4) is 11.5 Å². The van der Waals surface area contributed by atoms with Crippen LogP contribution in [0.2, 0.25) is 0 Å². The van der Waals surface area contributed by atoms with Gasteiger partial charge in [-0.15, -0.1) is 0 Å². The molecule has 7 heteroatoms. The van der Waals surface area contributed by atoms with Gasteiger partial charge in [-0.25, -0.2) is 0 Å². The molecule has 1 saturated carbocycles. The Morgan fingerprint density at radius 3 is 2.54 bits per heavy atom. The molecule has 1 saturated heterocycles. The summed E-state index contributed by atoms with van der Waals surface area (Å²) in [5.74, 6) is -0.603. The highest BCUT2D eigenvalue weighted by Crippen LogP contribution is 2.48. The maximum Gasteiger partial charge on any atom is 0.231 e. The molecule has 2 aliphatic carbocycles. The lowest BCUT2D eigenvalue weighted by Gasteiger charge is -2.37. The Balaban J connectivity index is 1.20. The predicted octanol–water partition coefficient (Wildman–Crippen LogP) is -1.17. The number of carboxylic acids is 1. The van der Waals surface area contributed by atoms with Crippen LogP contribution in [0.5, 0.6) is 11.5 Å². The number of hydrogen-bond acceptors (Lipinski definition) is 5. The van der Waals surface area contributed by atoms with E-state index in [-0.39, 0.29) is 24.5 Å². The Labute approximate surface area is 163 Å².